The van der Waals surface area contributed by atoms with Gasteiger partial charge in [0.2, 0.25) is 5.91 Å². The predicted molar refractivity (Wildman–Crippen MR) is 103 cm³/mol. The van der Waals surface area contributed by atoms with Gasteiger partial charge >= 0.3 is 0 Å². The summed E-state index contributed by atoms with van der Waals surface area (Å²) in [5.74, 6) is 1.40. The molecule has 136 valence electrons. The quantitative estimate of drug-likeness (QED) is 0.631. The van der Waals surface area contributed by atoms with Crippen LogP contribution >= 0.6 is 0 Å². The van der Waals surface area contributed by atoms with E-state index in [1.165, 1.54) is 0 Å². The first kappa shape index (κ1) is 17.7. The molecule has 0 aliphatic rings. The van der Waals surface area contributed by atoms with Crippen LogP contribution in [0, 0.1) is 13.8 Å². The van der Waals surface area contributed by atoms with Gasteiger partial charge in [-0.2, -0.15) is 5.10 Å². The zero-order chi connectivity index (χ0) is 18.7. The Labute approximate surface area is 152 Å². The number of methoxy groups -OCH3 is 1. The first-order valence-corrected chi connectivity index (χ1v) is 8.49. The fraction of sp³-hybridized carbons (Fsp3) is 0.316. The lowest BCUT2D eigenvalue weighted by Crippen LogP contribution is -2.24. The highest BCUT2D eigenvalue weighted by molar-refractivity contribution is 5.92. The second-order valence-corrected chi connectivity index (χ2v) is 6.40. The lowest BCUT2D eigenvalue weighted by Gasteiger charge is -2.14. The van der Waals surface area contributed by atoms with Crippen molar-refractivity contribution in [3.63, 3.8) is 0 Å². The first-order chi connectivity index (χ1) is 12.5. The van der Waals surface area contributed by atoms with Crippen molar-refractivity contribution < 1.29 is 9.53 Å². The number of ether oxygens (including phenoxy) is 1. The number of fused-ring (bicyclic) bond motifs is 1. The molecule has 0 radical (unpaired) electrons. The van der Waals surface area contributed by atoms with Gasteiger partial charge in [0.05, 0.1) is 12.5 Å². The third-order valence-electron chi connectivity index (χ3n) is 4.10. The van der Waals surface area contributed by atoms with E-state index in [1.54, 1.807) is 7.11 Å². The SMILES string of the molecule is COc1ccc(NC(=O)C[C@H](C)Nc2n[nH]c3nc(C)cc(C)c23)cc1. The Bertz CT molecular complexity index is 918. The fourth-order valence-electron chi connectivity index (χ4n) is 2.93. The van der Waals surface area contributed by atoms with Crippen LogP contribution < -0.4 is 15.4 Å². The number of H-pyrrole nitrogens is 1. The monoisotopic (exact) mass is 353 g/mol. The number of carbonyl (C=O) groups is 1. The molecule has 0 saturated heterocycles. The van der Waals surface area contributed by atoms with E-state index in [-0.39, 0.29) is 11.9 Å². The van der Waals surface area contributed by atoms with E-state index in [9.17, 15) is 4.79 Å². The summed E-state index contributed by atoms with van der Waals surface area (Å²) < 4.78 is 5.11. The van der Waals surface area contributed by atoms with Gasteiger partial charge in [-0.25, -0.2) is 4.98 Å². The molecule has 0 unspecified atom stereocenters. The molecule has 0 fully saturated rings. The highest BCUT2D eigenvalue weighted by Gasteiger charge is 2.15. The molecule has 0 spiro atoms. The molecular weight excluding hydrogens is 330 g/mol. The molecule has 0 saturated carbocycles. The Morgan fingerprint density at radius 1 is 1.27 bits per heavy atom. The molecule has 3 N–H and O–H groups in total. The van der Waals surface area contributed by atoms with Crippen LogP contribution in [-0.4, -0.2) is 34.2 Å². The second-order valence-electron chi connectivity index (χ2n) is 6.40. The van der Waals surface area contributed by atoms with Gasteiger partial charge in [0, 0.05) is 23.8 Å². The number of anilines is 2. The fourth-order valence-corrected chi connectivity index (χ4v) is 2.93. The maximum absolute atomic E-state index is 12.3. The summed E-state index contributed by atoms with van der Waals surface area (Å²) in [5, 5.41) is 14.4. The summed E-state index contributed by atoms with van der Waals surface area (Å²) in [4.78, 5) is 16.7. The lowest BCUT2D eigenvalue weighted by atomic mass is 10.1. The van der Waals surface area contributed by atoms with Crippen molar-refractivity contribution in [3.8, 4) is 5.75 Å². The van der Waals surface area contributed by atoms with Gasteiger partial charge in [-0.3, -0.25) is 9.89 Å². The topological polar surface area (TPSA) is 91.9 Å². The Hall–Kier alpha value is -3.09. The number of aromatic amines is 1. The smallest absolute Gasteiger partial charge is 0.226 e. The van der Waals surface area contributed by atoms with Gasteiger partial charge in [0.15, 0.2) is 11.5 Å². The second kappa shape index (κ2) is 7.43. The number of benzene rings is 1. The van der Waals surface area contributed by atoms with E-state index in [2.05, 4.69) is 25.8 Å². The molecule has 0 aliphatic heterocycles. The van der Waals surface area contributed by atoms with Crippen molar-refractivity contribution in [2.24, 2.45) is 0 Å². The normalized spacial score (nSPS) is 12.0. The molecule has 2 aromatic heterocycles. The molecule has 2 heterocycles. The van der Waals surface area contributed by atoms with Crippen LogP contribution in [-0.2, 0) is 4.79 Å². The summed E-state index contributed by atoms with van der Waals surface area (Å²) in [6.45, 7) is 5.93. The summed E-state index contributed by atoms with van der Waals surface area (Å²) in [5.41, 5.74) is 3.53. The molecule has 7 nitrogen and oxygen atoms in total. The van der Waals surface area contributed by atoms with Crippen LogP contribution in [0.2, 0.25) is 0 Å². The molecule has 3 aromatic rings. The van der Waals surface area contributed by atoms with Crippen LogP contribution in [0.15, 0.2) is 30.3 Å². The van der Waals surface area contributed by atoms with Crippen LogP contribution in [0.3, 0.4) is 0 Å². The van der Waals surface area contributed by atoms with Gasteiger partial charge < -0.3 is 15.4 Å². The van der Waals surface area contributed by atoms with Crippen molar-refractivity contribution in [2.45, 2.75) is 33.2 Å². The molecule has 0 aliphatic carbocycles. The molecular formula is C19H23N5O2. The van der Waals surface area contributed by atoms with Crippen LogP contribution in [0.5, 0.6) is 5.75 Å². The maximum Gasteiger partial charge on any atom is 0.226 e. The van der Waals surface area contributed by atoms with Crippen molar-refractivity contribution in [1.82, 2.24) is 15.2 Å². The number of rotatable bonds is 6. The Kier molecular flexibility index (Phi) is 5.06. The van der Waals surface area contributed by atoms with Crippen LogP contribution in [0.1, 0.15) is 24.6 Å². The standard InChI is InChI=1S/C19H23N5O2/c1-11-9-12(2)20-18-17(11)19(24-23-18)21-13(3)10-16(25)22-14-5-7-15(26-4)8-6-14/h5-9,13H,10H2,1-4H3,(H,22,25)(H2,20,21,23,24)/t13-/m0/s1. The Morgan fingerprint density at radius 2 is 2.00 bits per heavy atom. The number of amides is 1. The minimum absolute atomic E-state index is 0.0688. The van der Waals surface area contributed by atoms with Crippen LogP contribution in [0.4, 0.5) is 11.5 Å². The molecule has 3 rings (SSSR count). The number of nitrogens with zero attached hydrogens (tertiary/aromatic N) is 2. The Balaban J connectivity index is 1.63. The first-order valence-electron chi connectivity index (χ1n) is 8.49. The van der Waals surface area contributed by atoms with E-state index < -0.39 is 0 Å². The zero-order valence-electron chi connectivity index (χ0n) is 15.4. The average Bonchev–Trinajstić information content (AvgIpc) is 2.98. The number of carbonyl (C=O) groups excluding carboxylic acids is 1. The molecule has 1 atom stereocenters. The van der Waals surface area contributed by atoms with E-state index in [0.29, 0.717) is 6.42 Å². The number of aromatic nitrogens is 3. The largest absolute Gasteiger partial charge is 0.497 e. The third-order valence-corrected chi connectivity index (χ3v) is 4.10. The number of hydrogen-bond donors (Lipinski definition) is 3. The number of aryl methyl sites for hydroxylation is 2. The van der Waals surface area contributed by atoms with Gasteiger partial charge in [-0.1, -0.05) is 0 Å². The van der Waals surface area contributed by atoms with E-state index >= 15 is 0 Å². The molecule has 1 amide bonds. The highest BCUT2D eigenvalue weighted by Crippen LogP contribution is 2.24. The van der Waals surface area contributed by atoms with E-state index in [1.807, 2.05) is 51.1 Å². The number of pyridine rings is 1. The van der Waals surface area contributed by atoms with E-state index in [4.69, 9.17) is 4.74 Å². The highest BCUT2D eigenvalue weighted by atomic mass is 16.5. The van der Waals surface area contributed by atoms with Gasteiger partial charge in [-0.05, 0) is 56.7 Å². The number of nitrogens with one attached hydrogen (secondary N) is 3. The lowest BCUT2D eigenvalue weighted by molar-refractivity contribution is -0.116. The minimum Gasteiger partial charge on any atom is -0.497 e. The van der Waals surface area contributed by atoms with Crippen molar-refractivity contribution in [1.29, 1.82) is 0 Å². The summed E-state index contributed by atoms with van der Waals surface area (Å²) >= 11 is 0. The van der Waals surface area contributed by atoms with Crippen molar-refractivity contribution >= 4 is 28.4 Å². The van der Waals surface area contributed by atoms with E-state index in [0.717, 1.165) is 39.5 Å². The summed E-state index contributed by atoms with van der Waals surface area (Å²) in [6, 6.07) is 9.18. The zero-order valence-corrected chi connectivity index (χ0v) is 15.4. The van der Waals surface area contributed by atoms with Gasteiger partial charge in [0.1, 0.15) is 5.75 Å². The number of hydrogen-bond acceptors (Lipinski definition) is 5. The predicted octanol–water partition coefficient (Wildman–Crippen LogP) is 3.41. The molecule has 1 aromatic carbocycles. The maximum atomic E-state index is 12.3. The molecule has 0 bridgehead atoms. The molecule has 7 heteroatoms. The van der Waals surface area contributed by atoms with Crippen molar-refractivity contribution in [2.75, 3.05) is 17.7 Å². The van der Waals surface area contributed by atoms with Gasteiger partial charge in [-0.15, -0.1) is 0 Å². The molecule has 26 heavy (non-hydrogen) atoms. The van der Waals surface area contributed by atoms with Crippen molar-refractivity contribution in [3.05, 3.63) is 41.6 Å². The minimum atomic E-state index is -0.0829. The summed E-state index contributed by atoms with van der Waals surface area (Å²) in [6.07, 6.45) is 0.318. The van der Waals surface area contributed by atoms with Crippen LogP contribution in [0.25, 0.3) is 11.0 Å². The Morgan fingerprint density at radius 3 is 2.69 bits per heavy atom. The summed E-state index contributed by atoms with van der Waals surface area (Å²) in [7, 11) is 1.61. The van der Waals surface area contributed by atoms with Gasteiger partial charge in [0.25, 0.3) is 0 Å². The third kappa shape index (κ3) is 3.93. The average molecular weight is 353 g/mol.